The quantitative estimate of drug-likeness (QED) is 0.0515. The number of allylic oxidation sites excluding steroid dienone is 2. The Bertz CT molecular complexity index is 1960. The van der Waals surface area contributed by atoms with Crippen molar-refractivity contribution in [3.05, 3.63) is 101 Å². The van der Waals surface area contributed by atoms with E-state index in [9.17, 15) is 34.1 Å². The van der Waals surface area contributed by atoms with Crippen LogP contribution in [0, 0.1) is 28.9 Å². The average Bonchev–Trinajstić information content (AvgIpc) is 3.54. The summed E-state index contributed by atoms with van der Waals surface area (Å²) in [5.74, 6) is -5.35. The number of primary amides is 1. The molecule has 4 atom stereocenters. The highest BCUT2D eigenvalue weighted by molar-refractivity contribution is 5.97. The molecule has 5 N–H and O–H groups in total. The molecule has 1 aliphatic rings. The number of carbonyl (C=O) groups excluding carboxylic acids is 5. The van der Waals surface area contributed by atoms with Crippen LogP contribution in [0.3, 0.4) is 0 Å². The number of benzene rings is 2. The molecule has 1 aliphatic carbocycles. The first-order valence-electron chi connectivity index (χ1n) is 19.4. The van der Waals surface area contributed by atoms with Crippen LogP contribution in [0.5, 0.6) is 0 Å². The summed E-state index contributed by atoms with van der Waals surface area (Å²) in [7, 11) is 0. The molecule has 306 valence electrons. The normalized spacial score (nSPS) is 15.9. The molecule has 3 aromatic rings. The van der Waals surface area contributed by atoms with Gasteiger partial charge in [0.05, 0.1) is 23.7 Å². The number of rotatable bonds is 19. The van der Waals surface area contributed by atoms with Gasteiger partial charge in [0, 0.05) is 42.9 Å². The first-order valence-corrected chi connectivity index (χ1v) is 19.4. The molecule has 14 nitrogen and oxygen atoms in total. The summed E-state index contributed by atoms with van der Waals surface area (Å²) in [6, 6.07) is 12.5. The highest BCUT2D eigenvalue weighted by Gasteiger charge is 2.45. The second-order valence-electron chi connectivity index (χ2n) is 16.0. The summed E-state index contributed by atoms with van der Waals surface area (Å²) in [5, 5.41) is 21.0. The number of nitrogens with one attached hydrogen (secondary N) is 3. The first-order chi connectivity index (χ1) is 26.9. The predicted octanol–water partition coefficient (Wildman–Crippen LogP) is 5.66. The highest BCUT2D eigenvalue weighted by Crippen LogP contribution is 2.34. The maximum atomic E-state index is 14.4. The van der Waals surface area contributed by atoms with Crippen molar-refractivity contribution in [2.75, 3.05) is 6.54 Å². The Kier molecular flexibility index (Phi) is 14.9. The maximum absolute atomic E-state index is 14.4. The number of aryl methyl sites for hydroxylation is 1. The van der Waals surface area contributed by atoms with Crippen LogP contribution in [0.25, 0.3) is 10.9 Å². The number of nitrogens with two attached hydrogens (primary N) is 1. The molecule has 1 aromatic heterocycles. The van der Waals surface area contributed by atoms with Gasteiger partial charge in [-0.25, -0.2) is 0 Å². The Morgan fingerprint density at radius 1 is 1.00 bits per heavy atom. The van der Waals surface area contributed by atoms with E-state index in [4.69, 9.17) is 10.5 Å². The number of esters is 1. The number of nitro benzene ring substituents is 1. The van der Waals surface area contributed by atoms with E-state index in [1.54, 1.807) is 26.8 Å². The second kappa shape index (κ2) is 19.4. The minimum Gasteiger partial charge on any atom is -0.460 e. The van der Waals surface area contributed by atoms with Gasteiger partial charge >= 0.3 is 5.97 Å². The third kappa shape index (κ3) is 12.1. The van der Waals surface area contributed by atoms with E-state index in [-0.39, 0.29) is 37.4 Å². The summed E-state index contributed by atoms with van der Waals surface area (Å²) < 4.78 is 7.68. The average molecular weight is 785 g/mol. The van der Waals surface area contributed by atoms with Crippen LogP contribution in [0.1, 0.15) is 89.2 Å². The lowest BCUT2D eigenvalue weighted by Gasteiger charge is -2.39. The Morgan fingerprint density at radius 2 is 1.68 bits per heavy atom. The zero-order valence-corrected chi connectivity index (χ0v) is 33.4. The topological polar surface area (TPSA) is 205 Å². The van der Waals surface area contributed by atoms with Gasteiger partial charge in [0.2, 0.25) is 23.6 Å². The van der Waals surface area contributed by atoms with E-state index < -0.39 is 70.0 Å². The van der Waals surface area contributed by atoms with Crippen LogP contribution in [0.15, 0.2) is 80.0 Å². The van der Waals surface area contributed by atoms with Gasteiger partial charge in [0.1, 0.15) is 17.2 Å². The summed E-state index contributed by atoms with van der Waals surface area (Å²) in [6.45, 7) is 15.7. The summed E-state index contributed by atoms with van der Waals surface area (Å²) >= 11 is 0. The van der Waals surface area contributed by atoms with Crippen LogP contribution in [-0.4, -0.2) is 62.8 Å². The molecule has 0 radical (unpaired) electrons. The molecular formula is C43H56N6O8. The molecule has 1 heterocycles. The van der Waals surface area contributed by atoms with Crippen molar-refractivity contribution in [1.82, 2.24) is 20.5 Å². The highest BCUT2D eigenvalue weighted by atomic mass is 16.6. The summed E-state index contributed by atoms with van der Waals surface area (Å²) in [6.07, 6.45) is 7.42. The fraction of sp³-hybridized carbons (Fsp3) is 0.465. The van der Waals surface area contributed by atoms with Gasteiger partial charge in [-0.15, -0.1) is 13.2 Å². The van der Waals surface area contributed by atoms with Crippen molar-refractivity contribution in [2.45, 2.75) is 109 Å². The maximum Gasteiger partial charge on any atom is 0.307 e. The predicted molar refractivity (Wildman–Crippen MR) is 218 cm³/mol. The van der Waals surface area contributed by atoms with E-state index >= 15 is 0 Å². The molecule has 0 unspecified atom stereocenters. The minimum atomic E-state index is -1.49. The van der Waals surface area contributed by atoms with E-state index in [1.165, 1.54) is 30.3 Å². The SMILES string of the molecule is C=CC[C@H](CNC(=O)[C@H](CC(N)=O)NC(=O)C1(NC(=O)[C@@H](CC(=O)OC(C)(C)C)[C@H](C=C)c2ccc([N+](=O)[O-])cc2)CCCCC1)Cn1ccc2cc(C)ccc21. The third-order valence-electron chi connectivity index (χ3n) is 10.3. The number of amides is 4. The lowest BCUT2D eigenvalue weighted by Crippen LogP contribution is -2.64. The first kappa shape index (κ1) is 43.9. The Morgan fingerprint density at radius 3 is 2.28 bits per heavy atom. The lowest BCUT2D eigenvalue weighted by molar-refractivity contribution is -0.384. The Labute approximate surface area is 333 Å². The van der Waals surface area contributed by atoms with Crippen molar-refractivity contribution in [1.29, 1.82) is 0 Å². The number of hydrogen-bond acceptors (Lipinski definition) is 8. The van der Waals surface area contributed by atoms with Gasteiger partial charge in [-0.05, 0) is 82.0 Å². The van der Waals surface area contributed by atoms with E-state index in [0.717, 1.165) is 22.9 Å². The number of nitro groups is 1. The standard InChI is InChI=1S/C43H56N6O8/c1-7-12-29(27-48-22-19-31-23-28(3)13-18-36(31)48)26-45-40(53)35(25-37(44)50)46-41(54)43(20-10-9-11-21-43)47-39(52)34(24-38(51)57-42(4,5)6)33(8-2)30-14-16-32(17-15-30)49(55)56/h7-8,13-19,22-23,29,33-35H,1-2,9-12,20-21,24-27H2,3-6H3,(H2,44,50)(H,45,53)(H,46,54)(H,47,52)/t29-,33-,34+,35+/m1/s1. The molecule has 0 saturated heterocycles. The Hall–Kier alpha value is -5.79. The number of carbonyl (C=O) groups is 5. The molecule has 2 aromatic carbocycles. The monoisotopic (exact) mass is 784 g/mol. The molecule has 1 fully saturated rings. The van der Waals surface area contributed by atoms with Crippen molar-refractivity contribution >= 4 is 46.2 Å². The number of aromatic nitrogens is 1. The minimum absolute atomic E-state index is 0.0623. The number of fused-ring (bicyclic) bond motifs is 1. The van der Waals surface area contributed by atoms with Gasteiger partial charge in [0.25, 0.3) is 5.69 Å². The van der Waals surface area contributed by atoms with Crippen LogP contribution in [0.2, 0.25) is 0 Å². The van der Waals surface area contributed by atoms with Gasteiger partial charge < -0.3 is 31.0 Å². The van der Waals surface area contributed by atoms with Crippen molar-refractivity contribution in [2.24, 2.45) is 17.6 Å². The molecular weight excluding hydrogens is 729 g/mol. The molecule has 4 amide bonds. The van der Waals surface area contributed by atoms with Crippen LogP contribution in [0.4, 0.5) is 5.69 Å². The van der Waals surface area contributed by atoms with Gasteiger partial charge in [-0.2, -0.15) is 0 Å². The number of nitrogens with zero attached hydrogens (tertiary/aromatic N) is 2. The molecule has 14 heteroatoms. The number of non-ortho nitro benzene ring substituents is 1. The smallest absolute Gasteiger partial charge is 0.307 e. The molecule has 0 spiro atoms. The van der Waals surface area contributed by atoms with Crippen LogP contribution < -0.4 is 21.7 Å². The van der Waals surface area contributed by atoms with Gasteiger partial charge in [-0.1, -0.05) is 55.2 Å². The van der Waals surface area contributed by atoms with E-state index in [2.05, 4.69) is 45.8 Å². The number of ether oxygens (including phenoxy) is 1. The molecule has 4 rings (SSSR count). The zero-order valence-electron chi connectivity index (χ0n) is 33.4. The van der Waals surface area contributed by atoms with Crippen molar-refractivity contribution < 1.29 is 33.6 Å². The zero-order chi connectivity index (χ0) is 41.9. The van der Waals surface area contributed by atoms with Crippen molar-refractivity contribution in [3.63, 3.8) is 0 Å². The fourth-order valence-electron chi connectivity index (χ4n) is 7.48. The lowest BCUT2D eigenvalue weighted by atomic mass is 9.78. The molecule has 57 heavy (non-hydrogen) atoms. The molecule has 0 aliphatic heterocycles. The summed E-state index contributed by atoms with van der Waals surface area (Å²) in [5.41, 5.74) is 5.78. The van der Waals surface area contributed by atoms with E-state index in [0.29, 0.717) is 31.4 Å². The largest absolute Gasteiger partial charge is 0.460 e. The summed E-state index contributed by atoms with van der Waals surface area (Å²) in [4.78, 5) is 78.7. The van der Waals surface area contributed by atoms with Gasteiger partial charge in [-0.3, -0.25) is 34.1 Å². The molecule has 1 saturated carbocycles. The van der Waals surface area contributed by atoms with Crippen LogP contribution in [-0.2, 0) is 35.3 Å². The second-order valence-corrected chi connectivity index (χ2v) is 16.0. The number of hydrogen-bond donors (Lipinski definition) is 4. The fourth-order valence-corrected chi connectivity index (χ4v) is 7.48. The Balaban J connectivity index is 1.56. The van der Waals surface area contributed by atoms with Crippen molar-refractivity contribution in [3.8, 4) is 0 Å². The van der Waals surface area contributed by atoms with Crippen LogP contribution >= 0.6 is 0 Å². The third-order valence-corrected chi connectivity index (χ3v) is 10.3. The van der Waals surface area contributed by atoms with E-state index in [1.807, 2.05) is 25.3 Å². The van der Waals surface area contributed by atoms with Gasteiger partial charge in [0.15, 0.2) is 0 Å². The molecule has 0 bridgehead atoms.